The molecule has 0 bridgehead atoms. The van der Waals surface area contributed by atoms with Crippen molar-refractivity contribution in [1.29, 1.82) is 0 Å². The van der Waals surface area contributed by atoms with Crippen molar-refractivity contribution in [2.75, 3.05) is 13.2 Å². The number of aliphatic hydroxyl groups excluding tert-OH is 1. The molecule has 2 rings (SSSR count). The van der Waals surface area contributed by atoms with Crippen LogP contribution in [0.3, 0.4) is 0 Å². The summed E-state index contributed by atoms with van der Waals surface area (Å²) in [5, 5.41) is 9.72. The van der Waals surface area contributed by atoms with E-state index in [9.17, 15) is 5.11 Å². The van der Waals surface area contributed by atoms with Crippen molar-refractivity contribution in [3.05, 3.63) is 0 Å². The maximum Gasteiger partial charge on any atom is 0.0809 e. The highest BCUT2D eigenvalue weighted by Crippen LogP contribution is 2.45. The van der Waals surface area contributed by atoms with E-state index in [1.54, 1.807) is 0 Å². The predicted octanol–water partition coefficient (Wildman–Crippen LogP) is 1.73. The van der Waals surface area contributed by atoms with E-state index in [2.05, 4.69) is 13.8 Å². The fourth-order valence-electron chi connectivity index (χ4n) is 2.52. The molecule has 15 heavy (non-hydrogen) atoms. The summed E-state index contributed by atoms with van der Waals surface area (Å²) in [6, 6.07) is 0. The van der Waals surface area contributed by atoms with Gasteiger partial charge in [-0.1, -0.05) is 13.8 Å². The normalized spacial score (nSPS) is 45.4. The van der Waals surface area contributed by atoms with Crippen LogP contribution in [-0.4, -0.2) is 36.6 Å². The Morgan fingerprint density at radius 2 is 2.33 bits per heavy atom. The van der Waals surface area contributed by atoms with Gasteiger partial charge in [0.25, 0.3) is 0 Å². The first-order valence-corrected chi connectivity index (χ1v) is 6.08. The summed E-state index contributed by atoms with van der Waals surface area (Å²) < 4.78 is 11.4. The van der Waals surface area contributed by atoms with Crippen LogP contribution in [0.4, 0.5) is 0 Å². The molecule has 2 aliphatic rings. The van der Waals surface area contributed by atoms with Crippen LogP contribution in [0.15, 0.2) is 0 Å². The van der Waals surface area contributed by atoms with Crippen LogP contribution in [0.1, 0.15) is 39.5 Å². The molecule has 0 aromatic carbocycles. The lowest BCUT2D eigenvalue weighted by Crippen LogP contribution is -2.56. The minimum atomic E-state index is -0.183. The Kier molecular flexibility index (Phi) is 3.33. The lowest BCUT2D eigenvalue weighted by molar-refractivity contribution is -0.194. The maximum absolute atomic E-state index is 9.72. The summed E-state index contributed by atoms with van der Waals surface area (Å²) >= 11 is 0. The molecule has 3 heteroatoms. The Bertz CT molecular complexity index is 213. The van der Waals surface area contributed by atoms with E-state index in [0.29, 0.717) is 12.7 Å². The van der Waals surface area contributed by atoms with Crippen molar-refractivity contribution >= 4 is 0 Å². The maximum atomic E-state index is 9.72. The molecule has 1 aliphatic heterocycles. The number of hydrogen-bond donors (Lipinski definition) is 1. The van der Waals surface area contributed by atoms with Gasteiger partial charge in [0.05, 0.1) is 24.9 Å². The second-order valence-corrected chi connectivity index (χ2v) is 5.07. The smallest absolute Gasteiger partial charge is 0.0809 e. The zero-order chi connectivity index (χ0) is 10.9. The molecule has 1 N–H and O–H groups in total. The Balaban J connectivity index is 1.75. The lowest BCUT2D eigenvalue weighted by atomic mass is 9.63. The molecule has 0 aromatic heterocycles. The van der Waals surface area contributed by atoms with Gasteiger partial charge in [-0.3, -0.25) is 0 Å². The zero-order valence-corrected chi connectivity index (χ0v) is 9.74. The molecule has 0 amide bonds. The molecule has 4 unspecified atom stereocenters. The summed E-state index contributed by atoms with van der Waals surface area (Å²) in [4.78, 5) is 0. The van der Waals surface area contributed by atoms with Gasteiger partial charge in [0.1, 0.15) is 0 Å². The molecular weight excluding hydrogens is 192 g/mol. The summed E-state index contributed by atoms with van der Waals surface area (Å²) in [5.74, 6) is 0. The van der Waals surface area contributed by atoms with Gasteiger partial charge in [-0.2, -0.15) is 0 Å². The average Bonchev–Trinajstić information content (AvgIpc) is 2.75. The van der Waals surface area contributed by atoms with Crippen LogP contribution in [0.2, 0.25) is 0 Å². The monoisotopic (exact) mass is 214 g/mol. The van der Waals surface area contributed by atoms with E-state index in [1.807, 2.05) is 0 Å². The van der Waals surface area contributed by atoms with E-state index in [-0.39, 0.29) is 17.6 Å². The van der Waals surface area contributed by atoms with Gasteiger partial charge in [0.15, 0.2) is 0 Å². The van der Waals surface area contributed by atoms with Gasteiger partial charge >= 0.3 is 0 Å². The van der Waals surface area contributed by atoms with Crippen molar-refractivity contribution in [3.8, 4) is 0 Å². The standard InChI is InChI=1S/C12H22O3/c1-3-12(2)10(13)7-11(12)15-8-9-5-4-6-14-9/h9-11,13H,3-8H2,1-2H3. The number of ether oxygens (including phenoxy) is 2. The van der Waals surface area contributed by atoms with Crippen molar-refractivity contribution in [2.24, 2.45) is 5.41 Å². The van der Waals surface area contributed by atoms with Crippen LogP contribution in [0.5, 0.6) is 0 Å². The minimum Gasteiger partial charge on any atom is -0.392 e. The molecule has 0 aromatic rings. The van der Waals surface area contributed by atoms with E-state index in [4.69, 9.17) is 9.47 Å². The SMILES string of the molecule is CCC1(C)C(O)CC1OCC1CCCO1. The third-order valence-electron chi connectivity index (χ3n) is 4.20. The molecule has 88 valence electrons. The number of hydrogen-bond acceptors (Lipinski definition) is 3. The molecule has 0 spiro atoms. The van der Waals surface area contributed by atoms with E-state index < -0.39 is 0 Å². The first kappa shape index (κ1) is 11.4. The second kappa shape index (κ2) is 4.40. The van der Waals surface area contributed by atoms with Crippen LogP contribution < -0.4 is 0 Å². The van der Waals surface area contributed by atoms with E-state index in [1.165, 1.54) is 0 Å². The largest absolute Gasteiger partial charge is 0.392 e. The van der Waals surface area contributed by atoms with Crippen LogP contribution in [-0.2, 0) is 9.47 Å². The predicted molar refractivity (Wildman–Crippen MR) is 57.7 cm³/mol. The topological polar surface area (TPSA) is 38.7 Å². The zero-order valence-electron chi connectivity index (χ0n) is 9.74. The van der Waals surface area contributed by atoms with Gasteiger partial charge in [0, 0.05) is 18.4 Å². The average molecular weight is 214 g/mol. The summed E-state index contributed by atoms with van der Waals surface area (Å²) in [5.41, 5.74) is -0.0292. The third-order valence-corrected chi connectivity index (χ3v) is 4.20. The first-order chi connectivity index (χ1) is 7.16. The molecule has 1 aliphatic carbocycles. The molecule has 0 radical (unpaired) electrons. The van der Waals surface area contributed by atoms with Crippen molar-refractivity contribution in [2.45, 2.75) is 57.8 Å². The summed E-state index contributed by atoms with van der Waals surface area (Å²) in [6.45, 7) is 5.81. The quantitative estimate of drug-likeness (QED) is 0.774. The van der Waals surface area contributed by atoms with Crippen molar-refractivity contribution in [3.63, 3.8) is 0 Å². The van der Waals surface area contributed by atoms with E-state index in [0.717, 1.165) is 32.3 Å². The molecule has 2 fully saturated rings. The van der Waals surface area contributed by atoms with Gasteiger partial charge in [-0.25, -0.2) is 0 Å². The van der Waals surface area contributed by atoms with Crippen LogP contribution in [0, 0.1) is 5.41 Å². The summed E-state index contributed by atoms with van der Waals surface area (Å²) in [6.07, 6.45) is 4.38. The molecule has 1 heterocycles. The van der Waals surface area contributed by atoms with Gasteiger partial charge in [-0.15, -0.1) is 0 Å². The van der Waals surface area contributed by atoms with Gasteiger partial charge in [-0.05, 0) is 19.3 Å². The van der Waals surface area contributed by atoms with Crippen LogP contribution in [0.25, 0.3) is 0 Å². The Morgan fingerprint density at radius 1 is 1.53 bits per heavy atom. The van der Waals surface area contributed by atoms with Gasteiger partial charge < -0.3 is 14.6 Å². The van der Waals surface area contributed by atoms with Gasteiger partial charge in [0.2, 0.25) is 0 Å². The Hall–Kier alpha value is -0.120. The first-order valence-electron chi connectivity index (χ1n) is 6.08. The van der Waals surface area contributed by atoms with E-state index >= 15 is 0 Å². The molecule has 4 atom stereocenters. The fourth-order valence-corrected chi connectivity index (χ4v) is 2.52. The lowest BCUT2D eigenvalue weighted by Gasteiger charge is -2.50. The molecule has 3 nitrogen and oxygen atoms in total. The highest BCUT2D eigenvalue weighted by atomic mass is 16.5. The Labute approximate surface area is 91.8 Å². The highest BCUT2D eigenvalue weighted by Gasteiger charge is 2.50. The summed E-state index contributed by atoms with van der Waals surface area (Å²) in [7, 11) is 0. The second-order valence-electron chi connectivity index (χ2n) is 5.07. The Morgan fingerprint density at radius 3 is 2.87 bits per heavy atom. The molecule has 1 saturated heterocycles. The molecular formula is C12H22O3. The van der Waals surface area contributed by atoms with Crippen molar-refractivity contribution in [1.82, 2.24) is 0 Å². The fraction of sp³-hybridized carbons (Fsp3) is 1.00. The minimum absolute atomic E-state index is 0.0292. The van der Waals surface area contributed by atoms with Crippen LogP contribution >= 0.6 is 0 Å². The molecule has 1 saturated carbocycles. The van der Waals surface area contributed by atoms with Crippen molar-refractivity contribution < 1.29 is 14.6 Å². The number of rotatable bonds is 4. The highest BCUT2D eigenvalue weighted by molar-refractivity contribution is 5.00. The number of aliphatic hydroxyl groups is 1. The third kappa shape index (κ3) is 2.05.